The van der Waals surface area contributed by atoms with Gasteiger partial charge in [0.15, 0.2) is 0 Å². The monoisotopic (exact) mass is 391 g/mol. The Balaban J connectivity index is 1.58. The number of hydrogen-bond acceptors (Lipinski definition) is 3. The molecular formula is C19H19Cl2N3O2. The van der Waals surface area contributed by atoms with E-state index in [4.69, 9.17) is 28.9 Å². The number of benzene rings is 2. The van der Waals surface area contributed by atoms with Crippen LogP contribution in [0.2, 0.25) is 10.0 Å². The maximum absolute atomic E-state index is 12.5. The zero-order valence-corrected chi connectivity index (χ0v) is 15.6. The molecule has 0 bridgehead atoms. The third-order valence-corrected chi connectivity index (χ3v) is 5.07. The smallest absolute Gasteiger partial charge is 0.229 e. The molecule has 1 heterocycles. The summed E-state index contributed by atoms with van der Waals surface area (Å²) in [5.41, 5.74) is 7.60. The van der Waals surface area contributed by atoms with Crippen LogP contribution in [-0.4, -0.2) is 29.8 Å². The summed E-state index contributed by atoms with van der Waals surface area (Å²) >= 11 is 12.0. The van der Waals surface area contributed by atoms with E-state index in [1.54, 1.807) is 17.0 Å². The highest BCUT2D eigenvalue weighted by molar-refractivity contribution is 6.39. The molecule has 2 aromatic rings. The van der Waals surface area contributed by atoms with Crippen molar-refractivity contribution in [3.63, 3.8) is 0 Å². The van der Waals surface area contributed by atoms with Gasteiger partial charge in [-0.15, -0.1) is 0 Å². The normalized spacial score (nSPS) is 16.8. The van der Waals surface area contributed by atoms with Crippen LogP contribution in [0.3, 0.4) is 0 Å². The van der Waals surface area contributed by atoms with Crippen molar-refractivity contribution in [1.82, 2.24) is 4.90 Å². The van der Waals surface area contributed by atoms with E-state index in [0.717, 1.165) is 6.42 Å². The van der Waals surface area contributed by atoms with Gasteiger partial charge in [0.05, 0.1) is 21.7 Å². The van der Waals surface area contributed by atoms with Crippen LogP contribution in [0.5, 0.6) is 0 Å². The van der Waals surface area contributed by atoms with Gasteiger partial charge in [0.25, 0.3) is 0 Å². The second-order valence-corrected chi connectivity index (χ2v) is 7.13. The Morgan fingerprint density at radius 3 is 2.50 bits per heavy atom. The molecule has 0 aliphatic carbocycles. The van der Waals surface area contributed by atoms with Crippen LogP contribution in [0.15, 0.2) is 42.5 Å². The quantitative estimate of drug-likeness (QED) is 0.764. The standard InChI is InChI=1S/C19H19Cl2N3O2/c20-15-9-14(10-16(21)18(15)22)23-19(26)13-8-17(25)24(11-13)7-6-12-4-2-1-3-5-12/h1-5,9-10,13H,6-8,11,22H2,(H,23,26). The van der Waals surface area contributed by atoms with E-state index in [1.807, 2.05) is 30.3 Å². The molecule has 0 aromatic heterocycles. The van der Waals surface area contributed by atoms with Crippen LogP contribution in [0.4, 0.5) is 11.4 Å². The maximum atomic E-state index is 12.5. The van der Waals surface area contributed by atoms with Crippen LogP contribution in [0, 0.1) is 5.92 Å². The molecule has 2 amide bonds. The molecule has 0 saturated carbocycles. The summed E-state index contributed by atoms with van der Waals surface area (Å²) in [6.45, 7) is 1.01. The molecule has 2 aromatic carbocycles. The van der Waals surface area contributed by atoms with E-state index in [1.165, 1.54) is 5.56 Å². The van der Waals surface area contributed by atoms with Crippen molar-refractivity contribution in [3.05, 3.63) is 58.1 Å². The van der Waals surface area contributed by atoms with E-state index in [-0.39, 0.29) is 34.0 Å². The van der Waals surface area contributed by atoms with E-state index in [9.17, 15) is 9.59 Å². The van der Waals surface area contributed by atoms with Gasteiger partial charge in [0.1, 0.15) is 0 Å². The molecule has 0 radical (unpaired) electrons. The second kappa shape index (κ2) is 7.98. The highest BCUT2D eigenvalue weighted by Crippen LogP contribution is 2.31. The van der Waals surface area contributed by atoms with Gasteiger partial charge < -0.3 is 16.0 Å². The van der Waals surface area contributed by atoms with Gasteiger partial charge in [-0.3, -0.25) is 9.59 Å². The van der Waals surface area contributed by atoms with Crippen LogP contribution in [0.1, 0.15) is 12.0 Å². The summed E-state index contributed by atoms with van der Waals surface area (Å²) in [7, 11) is 0. The molecule has 1 saturated heterocycles. The average Bonchev–Trinajstić information content (AvgIpc) is 3.00. The lowest BCUT2D eigenvalue weighted by atomic mass is 10.1. The van der Waals surface area contributed by atoms with E-state index in [2.05, 4.69) is 5.32 Å². The predicted molar refractivity (Wildman–Crippen MR) is 104 cm³/mol. The lowest BCUT2D eigenvalue weighted by Gasteiger charge is -2.17. The minimum atomic E-state index is -0.395. The van der Waals surface area contributed by atoms with Crippen LogP contribution < -0.4 is 11.1 Å². The van der Waals surface area contributed by atoms with Crippen molar-refractivity contribution in [1.29, 1.82) is 0 Å². The van der Waals surface area contributed by atoms with Crippen LogP contribution >= 0.6 is 23.2 Å². The predicted octanol–water partition coefficient (Wildman–Crippen LogP) is 3.61. The largest absolute Gasteiger partial charge is 0.396 e. The van der Waals surface area contributed by atoms with Gasteiger partial charge in [-0.25, -0.2) is 0 Å². The highest BCUT2D eigenvalue weighted by atomic mass is 35.5. The molecule has 1 fully saturated rings. The Labute approximate surface area is 162 Å². The van der Waals surface area contributed by atoms with E-state index < -0.39 is 5.92 Å². The number of likely N-dealkylation sites (tertiary alicyclic amines) is 1. The molecule has 1 unspecified atom stereocenters. The number of rotatable bonds is 5. The summed E-state index contributed by atoms with van der Waals surface area (Å²) < 4.78 is 0. The minimum absolute atomic E-state index is 0.00514. The topological polar surface area (TPSA) is 75.4 Å². The summed E-state index contributed by atoms with van der Waals surface area (Å²) in [6, 6.07) is 13.1. The molecular weight excluding hydrogens is 373 g/mol. The number of carbonyl (C=O) groups excluding carboxylic acids is 2. The zero-order valence-electron chi connectivity index (χ0n) is 14.0. The van der Waals surface area contributed by atoms with Crippen molar-refractivity contribution < 1.29 is 9.59 Å². The number of anilines is 2. The summed E-state index contributed by atoms with van der Waals surface area (Å²) in [6.07, 6.45) is 0.973. The fraction of sp³-hybridized carbons (Fsp3) is 0.263. The first-order valence-corrected chi connectivity index (χ1v) is 9.06. The number of nitrogen functional groups attached to an aromatic ring is 1. The molecule has 1 aliphatic rings. The maximum Gasteiger partial charge on any atom is 0.229 e. The summed E-state index contributed by atoms with van der Waals surface area (Å²) in [4.78, 5) is 26.4. The first-order valence-electron chi connectivity index (χ1n) is 8.31. The lowest BCUT2D eigenvalue weighted by Crippen LogP contribution is -2.30. The molecule has 3 N–H and O–H groups in total. The SMILES string of the molecule is Nc1c(Cl)cc(NC(=O)C2CC(=O)N(CCc3ccccc3)C2)cc1Cl. The third-order valence-electron chi connectivity index (χ3n) is 4.45. The number of nitrogens with two attached hydrogens (primary N) is 1. The van der Waals surface area contributed by atoms with Crippen LogP contribution in [0.25, 0.3) is 0 Å². The molecule has 136 valence electrons. The van der Waals surface area contributed by atoms with Crippen molar-refractivity contribution >= 4 is 46.4 Å². The molecule has 5 nitrogen and oxygen atoms in total. The fourth-order valence-corrected chi connectivity index (χ4v) is 3.46. The number of nitrogens with zero attached hydrogens (tertiary/aromatic N) is 1. The molecule has 26 heavy (non-hydrogen) atoms. The summed E-state index contributed by atoms with van der Waals surface area (Å²) in [5.74, 6) is -0.625. The average molecular weight is 392 g/mol. The molecule has 3 rings (SSSR count). The number of halogens is 2. The lowest BCUT2D eigenvalue weighted by molar-refractivity contribution is -0.128. The van der Waals surface area contributed by atoms with Gasteiger partial charge in [-0.05, 0) is 24.1 Å². The molecule has 0 spiro atoms. The van der Waals surface area contributed by atoms with Gasteiger partial charge >= 0.3 is 0 Å². The Morgan fingerprint density at radius 1 is 1.19 bits per heavy atom. The number of nitrogens with one attached hydrogen (secondary N) is 1. The van der Waals surface area contributed by atoms with Crippen molar-refractivity contribution in [2.45, 2.75) is 12.8 Å². The van der Waals surface area contributed by atoms with E-state index >= 15 is 0 Å². The number of hydrogen-bond donors (Lipinski definition) is 2. The van der Waals surface area contributed by atoms with Gasteiger partial charge in [-0.2, -0.15) is 0 Å². The first-order chi connectivity index (χ1) is 12.4. The van der Waals surface area contributed by atoms with Crippen molar-refractivity contribution in [3.8, 4) is 0 Å². The Kier molecular flexibility index (Phi) is 5.69. The molecule has 1 aliphatic heterocycles. The third kappa shape index (κ3) is 4.29. The molecule has 7 heteroatoms. The van der Waals surface area contributed by atoms with Gasteiger partial charge in [0, 0.05) is 25.2 Å². The fourth-order valence-electron chi connectivity index (χ4n) is 2.97. The van der Waals surface area contributed by atoms with Crippen LogP contribution in [-0.2, 0) is 16.0 Å². The first kappa shape index (κ1) is 18.5. The summed E-state index contributed by atoms with van der Waals surface area (Å²) in [5, 5.41) is 3.32. The van der Waals surface area contributed by atoms with Gasteiger partial charge in [0.2, 0.25) is 11.8 Å². The molecule has 1 atom stereocenters. The van der Waals surface area contributed by atoms with Gasteiger partial charge in [-0.1, -0.05) is 53.5 Å². The number of carbonyl (C=O) groups is 2. The Hall–Kier alpha value is -2.24. The Morgan fingerprint density at radius 2 is 1.85 bits per heavy atom. The number of amides is 2. The van der Waals surface area contributed by atoms with E-state index in [0.29, 0.717) is 18.8 Å². The van der Waals surface area contributed by atoms with Crippen molar-refractivity contribution in [2.75, 3.05) is 24.1 Å². The highest BCUT2D eigenvalue weighted by Gasteiger charge is 2.34. The van der Waals surface area contributed by atoms with Crippen molar-refractivity contribution in [2.24, 2.45) is 5.92 Å². The second-order valence-electron chi connectivity index (χ2n) is 6.32. The minimum Gasteiger partial charge on any atom is -0.396 e. The Bertz CT molecular complexity index is 804. The zero-order chi connectivity index (χ0) is 18.7.